The van der Waals surface area contributed by atoms with Crippen molar-refractivity contribution in [2.45, 2.75) is 6.92 Å². The number of thiazole rings is 1. The number of aromatic nitrogens is 1. The van der Waals surface area contributed by atoms with Crippen LogP contribution in [-0.2, 0) is 0 Å². The molecule has 56 valence electrons. The third-order valence-electron chi connectivity index (χ3n) is 1.63. The van der Waals surface area contributed by atoms with Crippen molar-refractivity contribution in [2.24, 2.45) is 0 Å². The molecule has 0 saturated carbocycles. The Bertz CT molecular complexity index is 394. The van der Waals surface area contributed by atoms with Crippen LogP contribution in [0.5, 0.6) is 0 Å². The maximum atomic E-state index is 4.23. The van der Waals surface area contributed by atoms with E-state index in [9.17, 15) is 0 Å². The fourth-order valence-corrected chi connectivity index (χ4v) is 2.61. The van der Waals surface area contributed by atoms with Crippen LogP contribution in [0.1, 0.15) is 5.56 Å². The van der Waals surface area contributed by atoms with Crippen LogP contribution in [-0.4, -0.2) is 4.98 Å². The Hall–Kier alpha value is -0.160. The lowest BCUT2D eigenvalue weighted by molar-refractivity contribution is 1.44. The molecule has 0 N–H and O–H groups in total. The lowest BCUT2D eigenvalue weighted by atomic mass is 10.2. The Morgan fingerprint density at radius 2 is 2.27 bits per heavy atom. The summed E-state index contributed by atoms with van der Waals surface area (Å²) in [5.41, 5.74) is 4.35. The minimum absolute atomic E-state index is 1.12. The quantitative estimate of drug-likeness (QED) is 0.673. The molecule has 1 aromatic carbocycles. The molecule has 0 aliphatic rings. The van der Waals surface area contributed by atoms with Gasteiger partial charge in [-0.25, -0.2) is 4.98 Å². The summed E-state index contributed by atoms with van der Waals surface area (Å²) in [5, 5.41) is 0. The van der Waals surface area contributed by atoms with E-state index in [1.165, 1.54) is 13.8 Å². The summed E-state index contributed by atoms with van der Waals surface area (Å²) in [5.74, 6) is 0. The molecule has 0 bridgehead atoms. The lowest BCUT2D eigenvalue weighted by Crippen LogP contribution is -1.78. The zero-order valence-electron chi connectivity index (χ0n) is 5.97. The highest BCUT2D eigenvalue weighted by atomic mass is 127. The van der Waals surface area contributed by atoms with E-state index in [4.69, 9.17) is 0 Å². The highest BCUT2D eigenvalue weighted by Gasteiger charge is 2.02. The summed E-state index contributed by atoms with van der Waals surface area (Å²) in [7, 11) is 0. The molecule has 0 unspecified atom stereocenters. The average Bonchev–Trinajstić information content (AvgIpc) is 2.45. The van der Waals surface area contributed by atoms with Crippen LogP contribution in [0.3, 0.4) is 0 Å². The molecule has 2 rings (SSSR count). The summed E-state index contributed by atoms with van der Waals surface area (Å²) in [4.78, 5) is 4.23. The fourth-order valence-electron chi connectivity index (χ4n) is 0.994. The number of fused-ring (bicyclic) bond motifs is 1. The molecule has 0 radical (unpaired) electrons. The number of hydrogen-bond acceptors (Lipinski definition) is 2. The topological polar surface area (TPSA) is 12.9 Å². The SMILES string of the molecule is Cc1ccc2ncsc2c1I. The molecule has 3 heteroatoms. The Labute approximate surface area is 82.6 Å². The third kappa shape index (κ3) is 1.16. The monoisotopic (exact) mass is 275 g/mol. The van der Waals surface area contributed by atoms with Crippen LogP contribution < -0.4 is 0 Å². The van der Waals surface area contributed by atoms with E-state index in [1.54, 1.807) is 11.3 Å². The van der Waals surface area contributed by atoms with E-state index < -0.39 is 0 Å². The minimum Gasteiger partial charge on any atom is -0.245 e. The van der Waals surface area contributed by atoms with Crippen LogP contribution >= 0.6 is 33.9 Å². The van der Waals surface area contributed by atoms with Gasteiger partial charge in [0.05, 0.1) is 15.7 Å². The molecule has 0 spiro atoms. The van der Waals surface area contributed by atoms with Crippen molar-refractivity contribution < 1.29 is 0 Å². The van der Waals surface area contributed by atoms with E-state index in [1.807, 2.05) is 5.51 Å². The van der Waals surface area contributed by atoms with Gasteiger partial charge in [0.2, 0.25) is 0 Å². The van der Waals surface area contributed by atoms with Crippen molar-refractivity contribution in [2.75, 3.05) is 0 Å². The second kappa shape index (κ2) is 2.71. The van der Waals surface area contributed by atoms with Crippen LogP contribution in [0, 0.1) is 10.5 Å². The Kier molecular flexibility index (Phi) is 1.85. The molecule has 0 aliphatic carbocycles. The Balaban J connectivity index is 2.93. The second-order valence-electron chi connectivity index (χ2n) is 2.40. The molecule has 0 atom stereocenters. The van der Waals surface area contributed by atoms with Gasteiger partial charge in [0.15, 0.2) is 0 Å². The lowest BCUT2D eigenvalue weighted by Gasteiger charge is -1.96. The first-order valence-electron chi connectivity index (χ1n) is 3.27. The molecule has 0 aliphatic heterocycles. The molecule has 1 heterocycles. The molecule has 0 saturated heterocycles. The summed E-state index contributed by atoms with van der Waals surface area (Å²) in [6.45, 7) is 2.13. The van der Waals surface area contributed by atoms with Gasteiger partial charge in [-0.2, -0.15) is 0 Å². The molecule has 0 amide bonds. The highest BCUT2D eigenvalue weighted by Crippen LogP contribution is 2.26. The van der Waals surface area contributed by atoms with Gasteiger partial charge >= 0.3 is 0 Å². The van der Waals surface area contributed by atoms with E-state index >= 15 is 0 Å². The smallest absolute Gasteiger partial charge is 0.0823 e. The molecule has 2 aromatic rings. The largest absolute Gasteiger partial charge is 0.245 e. The molecular weight excluding hydrogens is 269 g/mol. The number of rotatable bonds is 0. The van der Waals surface area contributed by atoms with Crippen molar-refractivity contribution in [3.05, 3.63) is 26.8 Å². The summed E-state index contributed by atoms with van der Waals surface area (Å²) in [6, 6.07) is 4.19. The number of nitrogens with zero attached hydrogens (tertiary/aromatic N) is 1. The third-order valence-corrected chi connectivity index (χ3v) is 4.25. The second-order valence-corrected chi connectivity index (χ2v) is 4.33. The van der Waals surface area contributed by atoms with Crippen molar-refractivity contribution >= 4 is 44.1 Å². The van der Waals surface area contributed by atoms with Crippen LogP contribution in [0.25, 0.3) is 10.2 Å². The van der Waals surface area contributed by atoms with Gasteiger partial charge in [-0.15, -0.1) is 11.3 Å². The van der Waals surface area contributed by atoms with Gasteiger partial charge in [-0.3, -0.25) is 0 Å². The number of halogens is 1. The number of hydrogen-bond donors (Lipinski definition) is 0. The maximum absolute atomic E-state index is 4.23. The first-order chi connectivity index (χ1) is 5.29. The van der Waals surface area contributed by atoms with E-state index in [0.29, 0.717) is 0 Å². The van der Waals surface area contributed by atoms with Gasteiger partial charge in [-0.1, -0.05) is 6.07 Å². The van der Waals surface area contributed by atoms with Crippen molar-refractivity contribution in [3.63, 3.8) is 0 Å². The average molecular weight is 275 g/mol. The first kappa shape index (κ1) is 7.49. The summed E-state index contributed by atoms with van der Waals surface area (Å²) < 4.78 is 2.65. The minimum atomic E-state index is 1.12. The summed E-state index contributed by atoms with van der Waals surface area (Å²) >= 11 is 4.08. The number of benzene rings is 1. The summed E-state index contributed by atoms with van der Waals surface area (Å²) in [6.07, 6.45) is 0. The van der Waals surface area contributed by atoms with Gasteiger partial charge in [-0.05, 0) is 41.1 Å². The predicted molar refractivity (Wildman–Crippen MR) is 57.1 cm³/mol. The first-order valence-corrected chi connectivity index (χ1v) is 5.23. The van der Waals surface area contributed by atoms with Crippen molar-refractivity contribution in [1.29, 1.82) is 0 Å². The Morgan fingerprint density at radius 1 is 1.45 bits per heavy atom. The van der Waals surface area contributed by atoms with Gasteiger partial charge in [0.1, 0.15) is 0 Å². The van der Waals surface area contributed by atoms with E-state index in [-0.39, 0.29) is 0 Å². The van der Waals surface area contributed by atoms with Crippen LogP contribution in [0.4, 0.5) is 0 Å². The van der Waals surface area contributed by atoms with E-state index in [2.05, 4.69) is 46.6 Å². The maximum Gasteiger partial charge on any atom is 0.0823 e. The molecule has 11 heavy (non-hydrogen) atoms. The zero-order valence-corrected chi connectivity index (χ0v) is 8.94. The van der Waals surface area contributed by atoms with Crippen LogP contribution in [0.15, 0.2) is 17.6 Å². The highest BCUT2D eigenvalue weighted by molar-refractivity contribution is 14.1. The fraction of sp³-hybridized carbons (Fsp3) is 0.125. The molecular formula is C8H6INS. The molecule has 1 nitrogen and oxygen atoms in total. The van der Waals surface area contributed by atoms with Crippen LogP contribution in [0.2, 0.25) is 0 Å². The van der Waals surface area contributed by atoms with Gasteiger partial charge < -0.3 is 0 Å². The molecule has 1 aromatic heterocycles. The molecule has 0 fully saturated rings. The van der Waals surface area contributed by atoms with Crippen molar-refractivity contribution in [1.82, 2.24) is 4.98 Å². The Morgan fingerprint density at radius 3 is 3.09 bits per heavy atom. The standard InChI is InChI=1S/C8H6INS/c1-5-2-3-6-8(7(5)9)11-4-10-6/h2-4H,1H3. The zero-order chi connectivity index (χ0) is 7.84. The van der Waals surface area contributed by atoms with E-state index in [0.717, 1.165) is 5.52 Å². The van der Waals surface area contributed by atoms with Gasteiger partial charge in [0, 0.05) is 3.57 Å². The predicted octanol–water partition coefficient (Wildman–Crippen LogP) is 3.21. The normalized spacial score (nSPS) is 10.7. The number of aryl methyl sites for hydroxylation is 1. The van der Waals surface area contributed by atoms with Crippen molar-refractivity contribution in [3.8, 4) is 0 Å². The van der Waals surface area contributed by atoms with Gasteiger partial charge in [0.25, 0.3) is 0 Å².